The molecule has 36 heavy (non-hydrogen) atoms. The highest BCUT2D eigenvalue weighted by atomic mass is 32.2. The molecular weight excluding hydrogens is 520 g/mol. The lowest BCUT2D eigenvalue weighted by Gasteiger charge is -2.31. The Morgan fingerprint density at radius 2 is 1.75 bits per heavy atom. The highest BCUT2D eigenvalue weighted by molar-refractivity contribution is 7.92. The van der Waals surface area contributed by atoms with E-state index >= 15 is 0 Å². The first-order valence-electron chi connectivity index (χ1n) is 10.4. The van der Waals surface area contributed by atoms with Gasteiger partial charge in [0.05, 0.1) is 30.8 Å². The number of carbonyl (C=O) groups excluding carboxylic acids is 2. The third-order valence-corrected chi connectivity index (χ3v) is 7.26. The Morgan fingerprint density at radius 3 is 2.28 bits per heavy atom. The van der Waals surface area contributed by atoms with Gasteiger partial charge in [0, 0.05) is 25.4 Å². The quantitative estimate of drug-likeness (QED) is 0.312. The number of hydrogen-bond donors (Lipinski definition) is 4. The van der Waals surface area contributed by atoms with E-state index < -0.39 is 57.8 Å². The fourth-order valence-corrected chi connectivity index (χ4v) is 4.77. The molecule has 2 amide bonds. The Morgan fingerprint density at radius 1 is 1.17 bits per heavy atom. The van der Waals surface area contributed by atoms with Crippen LogP contribution in [0.5, 0.6) is 0 Å². The van der Waals surface area contributed by atoms with Crippen molar-refractivity contribution in [1.29, 1.82) is 5.26 Å². The van der Waals surface area contributed by atoms with Gasteiger partial charge in [0.2, 0.25) is 15.9 Å². The molecule has 0 spiro atoms. The Bertz CT molecular complexity index is 1230. The largest absolute Gasteiger partial charge is 0.388 e. The summed E-state index contributed by atoms with van der Waals surface area (Å²) in [6.07, 6.45) is -3.33. The van der Waals surface area contributed by atoms with Crippen molar-refractivity contribution in [3.05, 3.63) is 46.5 Å². The van der Waals surface area contributed by atoms with Crippen LogP contribution in [0.2, 0.25) is 0 Å². The van der Waals surface area contributed by atoms with E-state index in [1.54, 1.807) is 6.07 Å². The number of sulfonamides is 1. The first-order valence-corrected chi connectivity index (χ1v) is 13.1. The average molecular weight is 546 g/mol. The number of nitrogens with zero attached hydrogens (tertiary/aromatic N) is 3. The lowest BCUT2D eigenvalue weighted by molar-refractivity contribution is -0.121. The van der Waals surface area contributed by atoms with Gasteiger partial charge in [-0.1, -0.05) is 0 Å². The summed E-state index contributed by atoms with van der Waals surface area (Å²) in [4.78, 5) is 28.3. The van der Waals surface area contributed by atoms with Gasteiger partial charge in [-0.2, -0.15) is 5.26 Å². The first-order chi connectivity index (χ1) is 16.7. The van der Waals surface area contributed by atoms with Crippen LogP contribution in [0.1, 0.15) is 29.4 Å². The van der Waals surface area contributed by atoms with Crippen LogP contribution in [0, 0.1) is 23.0 Å². The molecule has 0 unspecified atom stereocenters. The van der Waals surface area contributed by atoms with Crippen LogP contribution in [0.15, 0.2) is 23.6 Å². The highest BCUT2D eigenvalue weighted by Crippen LogP contribution is 2.22. The fraction of sp³-hybridized carbons (Fsp3) is 0.429. The van der Waals surface area contributed by atoms with Crippen molar-refractivity contribution in [3.63, 3.8) is 0 Å². The van der Waals surface area contributed by atoms with E-state index in [1.165, 1.54) is 12.4 Å². The van der Waals surface area contributed by atoms with E-state index in [1.807, 2.05) is 0 Å². The number of halogens is 2. The highest BCUT2D eigenvalue weighted by Gasteiger charge is 2.34. The van der Waals surface area contributed by atoms with Crippen molar-refractivity contribution in [2.75, 3.05) is 17.6 Å². The predicted molar refractivity (Wildman–Crippen MR) is 127 cm³/mol. The summed E-state index contributed by atoms with van der Waals surface area (Å²) in [7, 11) is -2.40. The second kappa shape index (κ2) is 12.2. The molecule has 0 saturated heterocycles. The third-order valence-electron chi connectivity index (χ3n) is 5.06. The van der Waals surface area contributed by atoms with E-state index in [0.29, 0.717) is 6.07 Å². The van der Waals surface area contributed by atoms with Crippen molar-refractivity contribution >= 4 is 38.3 Å². The lowest BCUT2D eigenvalue weighted by Crippen LogP contribution is -2.56. The summed E-state index contributed by atoms with van der Waals surface area (Å²) >= 11 is 0.861. The molecule has 1 heterocycles. The van der Waals surface area contributed by atoms with E-state index in [-0.39, 0.29) is 29.2 Å². The van der Waals surface area contributed by atoms with Crippen molar-refractivity contribution in [1.82, 2.24) is 15.6 Å². The number of nitriles is 1. The molecule has 2 aromatic rings. The number of carbonyl (C=O) groups is 2. The Kier molecular flexibility index (Phi) is 9.82. The lowest BCUT2D eigenvalue weighted by atomic mass is 9.92. The second-order valence-electron chi connectivity index (χ2n) is 7.96. The van der Waals surface area contributed by atoms with Crippen LogP contribution in [0.3, 0.4) is 0 Å². The van der Waals surface area contributed by atoms with E-state index in [4.69, 9.17) is 5.26 Å². The summed E-state index contributed by atoms with van der Waals surface area (Å²) in [5.41, 5.74) is -0.172. The topological polar surface area (TPSA) is 173 Å². The van der Waals surface area contributed by atoms with E-state index in [2.05, 4.69) is 15.6 Å². The molecule has 15 heteroatoms. The van der Waals surface area contributed by atoms with E-state index in [9.17, 15) is 37.0 Å². The van der Waals surface area contributed by atoms with Gasteiger partial charge in [0.25, 0.3) is 5.91 Å². The maximum absolute atomic E-state index is 13.7. The van der Waals surface area contributed by atoms with Crippen molar-refractivity contribution in [3.8, 4) is 6.07 Å². The molecular formula is C21H25F2N5O6S2. The number of rotatable bonds is 11. The zero-order valence-electron chi connectivity index (χ0n) is 19.5. The fourth-order valence-electron chi connectivity index (χ4n) is 3.23. The predicted octanol–water partition coefficient (Wildman–Crippen LogP) is 0.298. The molecule has 0 aliphatic heterocycles. The van der Waals surface area contributed by atoms with Crippen LogP contribution in [0.4, 0.5) is 13.9 Å². The molecule has 11 nitrogen and oxygen atoms in total. The Labute approximate surface area is 210 Å². The summed E-state index contributed by atoms with van der Waals surface area (Å²) in [5, 5.41) is 36.6. The van der Waals surface area contributed by atoms with Crippen LogP contribution in [-0.2, 0) is 21.2 Å². The molecule has 0 saturated carbocycles. The molecule has 0 bridgehead atoms. The van der Waals surface area contributed by atoms with Gasteiger partial charge >= 0.3 is 0 Å². The minimum Gasteiger partial charge on any atom is -0.388 e. The third kappa shape index (κ3) is 7.92. The molecule has 1 aromatic carbocycles. The van der Waals surface area contributed by atoms with Gasteiger partial charge in [-0.05, 0) is 24.1 Å². The smallest absolute Gasteiger partial charge is 0.271 e. The monoisotopic (exact) mass is 545 g/mol. The van der Waals surface area contributed by atoms with Crippen molar-refractivity contribution in [2.45, 2.75) is 44.1 Å². The number of aliphatic hydroxyl groups excluding tert-OH is 2. The number of aromatic nitrogens is 1. The standard InChI is InChI=1S/C21H25F2N5O6S2/c1-11(29)25-15(4-5-24)18(30)19(31)16(8-12-6-13(22)9-14(23)7-12)26-20(32)17-10-35-21(27-17)28(2)36(3,33)34/h6-7,9-10,15-16,18-19,30-31H,4,8H2,1-3H3,(H,25,29)(H,26,32)/t15-,16+,18-,19-/m1/s1. The summed E-state index contributed by atoms with van der Waals surface area (Å²) in [6, 6.07) is 1.79. The number of anilines is 1. The van der Waals surface area contributed by atoms with Crippen LogP contribution < -0.4 is 14.9 Å². The van der Waals surface area contributed by atoms with Crippen molar-refractivity contribution in [2.24, 2.45) is 0 Å². The number of aliphatic hydroxyl groups is 2. The molecule has 0 aliphatic carbocycles. The minimum atomic E-state index is -3.65. The zero-order valence-corrected chi connectivity index (χ0v) is 21.1. The molecule has 1 aromatic heterocycles. The van der Waals surface area contributed by atoms with Crippen LogP contribution in [-0.4, -0.2) is 73.0 Å². The summed E-state index contributed by atoms with van der Waals surface area (Å²) in [5.74, 6) is -3.26. The Balaban J connectivity index is 2.36. The number of amides is 2. The molecule has 0 radical (unpaired) electrons. The maximum atomic E-state index is 13.7. The van der Waals surface area contributed by atoms with Crippen LogP contribution >= 0.6 is 11.3 Å². The van der Waals surface area contributed by atoms with Gasteiger partial charge in [0.15, 0.2) is 5.13 Å². The number of thiazole rings is 1. The zero-order chi connectivity index (χ0) is 27.2. The van der Waals surface area contributed by atoms with Gasteiger partial charge < -0.3 is 20.8 Å². The summed E-state index contributed by atoms with van der Waals surface area (Å²) < 4.78 is 51.8. The molecule has 0 aliphatic rings. The van der Waals surface area contributed by atoms with Gasteiger partial charge in [-0.15, -0.1) is 11.3 Å². The molecule has 2 rings (SSSR count). The van der Waals surface area contributed by atoms with Crippen molar-refractivity contribution < 1.29 is 37.0 Å². The SMILES string of the molecule is CC(=O)N[C@H](CC#N)[C@@H](O)[C@H](O)[C@H](Cc1cc(F)cc(F)c1)NC(=O)c1csc(N(C)S(C)(=O)=O)n1. The molecule has 4 N–H and O–H groups in total. The van der Waals surface area contributed by atoms with Gasteiger partial charge in [0.1, 0.15) is 29.5 Å². The molecule has 4 atom stereocenters. The number of hydrogen-bond acceptors (Lipinski definition) is 9. The molecule has 196 valence electrons. The van der Waals surface area contributed by atoms with Crippen LogP contribution in [0.25, 0.3) is 0 Å². The van der Waals surface area contributed by atoms with Gasteiger partial charge in [-0.25, -0.2) is 26.5 Å². The minimum absolute atomic E-state index is 0.00766. The Hall–Kier alpha value is -3.19. The summed E-state index contributed by atoms with van der Waals surface area (Å²) in [6.45, 7) is 1.14. The van der Waals surface area contributed by atoms with Gasteiger partial charge in [-0.3, -0.25) is 9.59 Å². The number of benzene rings is 1. The average Bonchev–Trinajstić information content (AvgIpc) is 3.25. The number of nitrogens with one attached hydrogen (secondary N) is 2. The normalized spacial score (nSPS) is 14.7. The first kappa shape index (κ1) is 29.0. The second-order valence-corrected chi connectivity index (χ2v) is 10.8. The van der Waals surface area contributed by atoms with E-state index in [0.717, 1.165) is 41.0 Å². The molecule has 0 fully saturated rings. The maximum Gasteiger partial charge on any atom is 0.271 e.